The number of hydrogen-bond donors (Lipinski definition) is 0. The summed E-state index contributed by atoms with van der Waals surface area (Å²) in [4.78, 5) is 2.37. The summed E-state index contributed by atoms with van der Waals surface area (Å²) in [6.45, 7) is 7.14. The second-order valence-electron chi connectivity index (χ2n) is 6.04. The molecule has 0 N–H and O–H groups in total. The maximum atomic E-state index is 12.3. The average Bonchev–Trinajstić information content (AvgIpc) is 2.55. The maximum absolute atomic E-state index is 12.3. The van der Waals surface area contributed by atoms with E-state index in [1.807, 2.05) is 6.07 Å². The molecule has 2 rings (SSSR count). The summed E-state index contributed by atoms with van der Waals surface area (Å²) in [6, 6.07) is 10.8. The molecule has 0 spiro atoms. The largest absolute Gasteiger partial charge is 0.294 e. The van der Waals surface area contributed by atoms with Crippen LogP contribution >= 0.6 is 0 Å². The molecule has 0 amide bonds. The van der Waals surface area contributed by atoms with Crippen LogP contribution in [0.25, 0.3) is 0 Å². The molecule has 1 aliphatic heterocycles. The highest BCUT2D eigenvalue weighted by atomic mass is 32.2. The van der Waals surface area contributed by atoms with Crippen LogP contribution in [0.5, 0.6) is 0 Å². The Morgan fingerprint density at radius 3 is 2.27 bits per heavy atom. The van der Waals surface area contributed by atoms with E-state index < -0.39 is 10.0 Å². The van der Waals surface area contributed by atoms with E-state index in [0.29, 0.717) is 24.9 Å². The van der Waals surface area contributed by atoms with Crippen LogP contribution in [0, 0.1) is 0 Å². The van der Waals surface area contributed by atoms with Gasteiger partial charge in [0.05, 0.1) is 5.75 Å². The van der Waals surface area contributed by atoms with Gasteiger partial charge in [0.2, 0.25) is 10.0 Å². The molecule has 0 radical (unpaired) electrons. The van der Waals surface area contributed by atoms with Crippen LogP contribution in [0.1, 0.15) is 44.7 Å². The highest BCUT2D eigenvalue weighted by molar-refractivity contribution is 7.89. The number of sulfonamides is 1. The SMILES string of the molecule is CCCCCS(=O)(=O)N1CCN(C(C)c2ccccc2)CC1. The molecule has 1 saturated heterocycles. The van der Waals surface area contributed by atoms with Crippen molar-refractivity contribution in [3.63, 3.8) is 0 Å². The second kappa shape index (κ2) is 8.09. The smallest absolute Gasteiger partial charge is 0.214 e. The van der Waals surface area contributed by atoms with Gasteiger partial charge in [-0.3, -0.25) is 4.90 Å². The van der Waals surface area contributed by atoms with E-state index in [0.717, 1.165) is 32.4 Å². The van der Waals surface area contributed by atoms with Crippen LogP contribution in [-0.2, 0) is 10.0 Å². The number of hydrogen-bond acceptors (Lipinski definition) is 3. The summed E-state index contributed by atoms with van der Waals surface area (Å²) < 4.78 is 26.3. The fraction of sp³-hybridized carbons (Fsp3) is 0.647. The predicted octanol–water partition coefficient (Wildman–Crippen LogP) is 2.89. The van der Waals surface area contributed by atoms with Crippen LogP contribution in [0.15, 0.2) is 30.3 Å². The molecule has 0 bridgehead atoms. The summed E-state index contributed by atoms with van der Waals surface area (Å²) in [5.74, 6) is 0.301. The second-order valence-corrected chi connectivity index (χ2v) is 8.13. The Labute approximate surface area is 135 Å². The summed E-state index contributed by atoms with van der Waals surface area (Å²) >= 11 is 0. The van der Waals surface area contributed by atoms with Gasteiger partial charge in [-0.2, -0.15) is 4.31 Å². The lowest BCUT2D eigenvalue weighted by Gasteiger charge is -2.37. The van der Waals surface area contributed by atoms with Gasteiger partial charge < -0.3 is 0 Å². The topological polar surface area (TPSA) is 40.6 Å². The van der Waals surface area contributed by atoms with E-state index in [2.05, 4.69) is 43.0 Å². The van der Waals surface area contributed by atoms with Crippen molar-refractivity contribution in [3.8, 4) is 0 Å². The van der Waals surface area contributed by atoms with Gasteiger partial charge in [-0.15, -0.1) is 0 Å². The number of rotatable bonds is 7. The maximum Gasteiger partial charge on any atom is 0.214 e. The van der Waals surface area contributed by atoms with Crippen molar-refractivity contribution >= 4 is 10.0 Å². The zero-order valence-electron chi connectivity index (χ0n) is 13.7. The minimum Gasteiger partial charge on any atom is -0.294 e. The lowest BCUT2D eigenvalue weighted by molar-refractivity contribution is 0.146. The molecule has 1 unspecified atom stereocenters. The van der Waals surface area contributed by atoms with Crippen LogP contribution in [0.4, 0.5) is 0 Å². The Morgan fingerprint density at radius 1 is 1.05 bits per heavy atom. The molecule has 124 valence electrons. The molecule has 1 atom stereocenters. The minimum absolute atomic E-state index is 0.301. The summed E-state index contributed by atoms with van der Waals surface area (Å²) in [5, 5.41) is 0. The third-order valence-electron chi connectivity index (χ3n) is 4.50. The van der Waals surface area contributed by atoms with E-state index in [1.165, 1.54) is 5.56 Å². The third kappa shape index (κ3) is 4.54. The van der Waals surface area contributed by atoms with Crippen molar-refractivity contribution in [2.75, 3.05) is 31.9 Å². The molecule has 1 fully saturated rings. The first-order valence-corrected chi connectivity index (χ1v) is 9.92. The molecule has 1 aromatic carbocycles. The molecule has 22 heavy (non-hydrogen) atoms. The molecule has 1 aliphatic rings. The summed E-state index contributed by atoms with van der Waals surface area (Å²) in [6.07, 6.45) is 2.82. The van der Waals surface area contributed by atoms with Gasteiger partial charge in [-0.05, 0) is 18.9 Å². The highest BCUT2D eigenvalue weighted by Gasteiger charge is 2.28. The van der Waals surface area contributed by atoms with E-state index in [9.17, 15) is 8.42 Å². The van der Waals surface area contributed by atoms with E-state index in [4.69, 9.17) is 0 Å². The van der Waals surface area contributed by atoms with Crippen molar-refractivity contribution in [1.29, 1.82) is 0 Å². The first-order valence-electron chi connectivity index (χ1n) is 8.31. The molecule has 5 heteroatoms. The van der Waals surface area contributed by atoms with E-state index in [1.54, 1.807) is 4.31 Å². The number of nitrogens with zero attached hydrogens (tertiary/aromatic N) is 2. The average molecular weight is 324 g/mol. The fourth-order valence-electron chi connectivity index (χ4n) is 2.97. The van der Waals surface area contributed by atoms with Crippen molar-refractivity contribution in [2.45, 2.75) is 39.2 Å². The first kappa shape index (κ1) is 17.4. The van der Waals surface area contributed by atoms with Gasteiger partial charge in [0.15, 0.2) is 0 Å². The minimum atomic E-state index is -3.06. The molecule has 1 aromatic rings. The Morgan fingerprint density at radius 2 is 1.68 bits per heavy atom. The van der Waals surface area contributed by atoms with Gasteiger partial charge in [0, 0.05) is 32.2 Å². The zero-order chi connectivity index (χ0) is 16.0. The number of piperazine rings is 1. The monoisotopic (exact) mass is 324 g/mol. The Hall–Kier alpha value is -0.910. The van der Waals surface area contributed by atoms with Crippen molar-refractivity contribution in [3.05, 3.63) is 35.9 Å². The number of unbranched alkanes of at least 4 members (excludes halogenated alkanes) is 2. The lowest BCUT2D eigenvalue weighted by Crippen LogP contribution is -2.49. The Kier molecular flexibility index (Phi) is 6.41. The summed E-state index contributed by atoms with van der Waals surface area (Å²) in [5.41, 5.74) is 1.29. The fourth-order valence-corrected chi connectivity index (χ4v) is 4.52. The predicted molar refractivity (Wildman–Crippen MR) is 91.3 cm³/mol. The first-order chi connectivity index (χ1) is 10.5. The molecule has 0 aliphatic carbocycles. The van der Waals surface area contributed by atoms with Crippen LogP contribution < -0.4 is 0 Å². The molecule has 1 heterocycles. The molecular formula is C17H28N2O2S. The van der Waals surface area contributed by atoms with Crippen molar-refractivity contribution < 1.29 is 8.42 Å². The van der Waals surface area contributed by atoms with Crippen molar-refractivity contribution in [2.24, 2.45) is 0 Å². The van der Waals surface area contributed by atoms with E-state index in [-0.39, 0.29) is 0 Å². The molecule has 4 nitrogen and oxygen atoms in total. The van der Waals surface area contributed by atoms with Gasteiger partial charge in [0.1, 0.15) is 0 Å². The van der Waals surface area contributed by atoms with Gasteiger partial charge in [-0.1, -0.05) is 50.1 Å². The molecular weight excluding hydrogens is 296 g/mol. The Balaban J connectivity index is 1.87. The standard InChI is InChI=1S/C17H28N2O2S/c1-3-4-8-15-22(20,21)19-13-11-18(12-14-19)16(2)17-9-6-5-7-10-17/h5-7,9-10,16H,3-4,8,11-15H2,1-2H3. The van der Waals surface area contributed by atoms with Crippen LogP contribution in [0.2, 0.25) is 0 Å². The normalized spacial score (nSPS) is 19.2. The van der Waals surface area contributed by atoms with Gasteiger partial charge in [0.25, 0.3) is 0 Å². The van der Waals surface area contributed by atoms with Crippen LogP contribution in [0.3, 0.4) is 0 Å². The van der Waals surface area contributed by atoms with Gasteiger partial charge in [-0.25, -0.2) is 8.42 Å². The highest BCUT2D eigenvalue weighted by Crippen LogP contribution is 2.22. The zero-order valence-corrected chi connectivity index (χ0v) is 14.6. The number of benzene rings is 1. The molecule has 0 saturated carbocycles. The van der Waals surface area contributed by atoms with Crippen molar-refractivity contribution in [1.82, 2.24) is 9.21 Å². The third-order valence-corrected chi connectivity index (χ3v) is 6.46. The quantitative estimate of drug-likeness (QED) is 0.724. The van der Waals surface area contributed by atoms with E-state index >= 15 is 0 Å². The molecule has 0 aromatic heterocycles. The lowest BCUT2D eigenvalue weighted by atomic mass is 10.1. The summed E-state index contributed by atoms with van der Waals surface area (Å²) in [7, 11) is -3.06. The Bertz CT molecular complexity index is 537. The van der Waals surface area contributed by atoms with Crippen LogP contribution in [-0.4, -0.2) is 49.6 Å². The van der Waals surface area contributed by atoms with Gasteiger partial charge >= 0.3 is 0 Å².